The summed E-state index contributed by atoms with van der Waals surface area (Å²) in [5, 5.41) is 0.507. The van der Waals surface area contributed by atoms with E-state index in [0.29, 0.717) is 10.6 Å². The molecule has 0 saturated carbocycles. The van der Waals surface area contributed by atoms with Crippen LogP contribution in [0.4, 0.5) is 21.7 Å². The highest BCUT2D eigenvalue weighted by Crippen LogP contribution is 2.21. The number of hydrazine groups is 2. The topological polar surface area (TPSA) is 134 Å². The zero-order chi connectivity index (χ0) is 20.8. The minimum Gasteiger partial charge on any atom is -0.393 e. The summed E-state index contributed by atoms with van der Waals surface area (Å²) in [6.07, 6.45) is 1.18. The van der Waals surface area contributed by atoms with E-state index in [9.17, 15) is 14.0 Å². The van der Waals surface area contributed by atoms with Crippen molar-refractivity contribution in [1.29, 1.82) is 0 Å². The van der Waals surface area contributed by atoms with Crippen LogP contribution in [0.2, 0.25) is 5.02 Å². The number of aromatic nitrogens is 2. The second-order valence-corrected chi connectivity index (χ2v) is 6.09. The maximum atomic E-state index is 12.9. The molecule has 0 aliphatic heterocycles. The molecule has 6 N–H and O–H groups in total. The molecule has 3 rings (SSSR count). The second-order valence-electron chi connectivity index (χ2n) is 5.66. The zero-order valence-corrected chi connectivity index (χ0v) is 15.5. The monoisotopic (exact) mass is 415 g/mol. The fraction of sp³-hybridized carbons (Fsp3) is 0. The fourth-order valence-corrected chi connectivity index (χ4v) is 2.30. The van der Waals surface area contributed by atoms with Gasteiger partial charge in [0, 0.05) is 16.1 Å². The number of nitrogens with zero attached hydrogens (tertiary/aromatic N) is 2. The van der Waals surface area contributed by atoms with Gasteiger partial charge in [-0.3, -0.25) is 31.3 Å². The molecule has 0 atom stereocenters. The maximum absolute atomic E-state index is 12.9. The normalized spacial score (nSPS) is 10.1. The van der Waals surface area contributed by atoms with E-state index >= 15 is 0 Å². The molecule has 2 aromatic carbocycles. The highest BCUT2D eigenvalue weighted by atomic mass is 35.5. The van der Waals surface area contributed by atoms with Crippen molar-refractivity contribution in [3.05, 3.63) is 76.8 Å². The summed E-state index contributed by atoms with van der Waals surface area (Å²) < 4.78 is 12.9. The minimum atomic E-state index is -0.520. The third-order valence-electron chi connectivity index (χ3n) is 3.69. The predicted molar refractivity (Wildman–Crippen MR) is 106 cm³/mol. The van der Waals surface area contributed by atoms with Gasteiger partial charge >= 0.3 is 0 Å². The number of nitrogens with two attached hydrogens (primary N) is 1. The first kappa shape index (κ1) is 19.8. The van der Waals surface area contributed by atoms with Crippen molar-refractivity contribution in [2.75, 3.05) is 16.6 Å². The van der Waals surface area contributed by atoms with E-state index in [1.165, 1.54) is 30.6 Å². The number of benzene rings is 2. The van der Waals surface area contributed by atoms with Crippen LogP contribution in [-0.4, -0.2) is 21.8 Å². The van der Waals surface area contributed by atoms with Crippen LogP contribution in [0, 0.1) is 5.82 Å². The first-order valence-corrected chi connectivity index (χ1v) is 8.56. The standard InChI is InChI=1S/C18H15ClFN7O2/c19-12-5-1-10(2-6-12)17(28)26-24-15-14(21)16(23-9-22-15)25-27-18(29)11-3-7-13(20)8-4-11/h1-9H,21H2,(H,26,28)(H,27,29)(H2,22,23,24,25). The highest BCUT2D eigenvalue weighted by Gasteiger charge is 2.12. The van der Waals surface area contributed by atoms with Gasteiger partial charge in [0.25, 0.3) is 11.8 Å². The van der Waals surface area contributed by atoms with Crippen LogP contribution in [0.3, 0.4) is 0 Å². The van der Waals surface area contributed by atoms with Crippen molar-refractivity contribution in [2.45, 2.75) is 0 Å². The van der Waals surface area contributed by atoms with Crippen molar-refractivity contribution < 1.29 is 14.0 Å². The summed E-state index contributed by atoms with van der Waals surface area (Å²) >= 11 is 5.79. The summed E-state index contributed by atoms with van der Waals surface area (Å²) in [4.78, 5) is 32.0. The lowest BCUT2D eigenvalue weighted by molar-refractivity contribution is 0.0954. The van der Waals surface area contributed by atoms with Crippen LogP contribution in [0.1, 0.15) is 20.7 Å². The lowest BCUT2D eigenvalue weighted by atomic mass is 10.2. The summed E-state index contributed by atoms with van der Waals surface area (Å²) in [5.74, 6) is -1.20. The Balaban J connectivity index is 1.61. The molecule has 11 heteroatoms. The molecule has 0 radical (unpaired) electrons. The Morgan fingerprint density at radius 3 is 1.76 bits per heavy atom. The van der Waals surface area contributed by atoms with Gasteiger partial charge in [-0.1, -0.05) is 11.6 Å². The third-order valence-corrected chi connectivity index (χ3v) is 3.94. The number of halogens is 2. The SMILES string of the molecule is Nc1c(NNC(=O)c2ccc(F)cc2)ncnc1NNC(=O)c1ccc(Cl)cc1. The first-order chi connectivity index (χ1) is 13.9. The highest BCUT2D eigenvalue weighted by molar-refractivity contribution is 6.30. The molecule has 0 fully saturated rings. The van der Waals surface area contributed by atoms with E-state index in [1.54, 1.807) is 24.3 Å². The van der Waals surface area contributed by atoms with Gasteiger partial charge in [0.1, 0.15) is 17.8 Å². The van der Waals surface area contributed by atoms with E-state index in [2.05, 4.69) is 31.7 Å². The van der Waals surface area contributed by atoms with Gasteiger partial charge in [0.05, 0.1) is 0 Å². The Morgan fingerprint density at radius 1 is 0.828 bits per heavy atom. The number of hydrogen-bond donors (Lipinski definition) is 5. The van der Waals surface area contributed by atoms with E-state index in [0.717, 1.165) is 0 Å². The number of nitrogens with one attached hydrogen (secondary N) is 4. The Morgan fingerprint density at radius 2 is 1.28 bits per heavy atom. The molecule has 3 aromatic rings. The van der Waals surface area contributed by atoms with Crippen molar-refractivity contribution in [3.8, 4) is 0 Å². The first-order valence-electron chi connectivity index (χ1n) is 8.18. The maximum Gasteiger partial charge on any atom is 0.269 e. The van der Waals surface area contributed by atoms with Gasteiger partial charge in [0.15, 0.2) is 11.6 Å². The largest absolute Gasteiger partial charge is 0.393 e. The molecule has 0 aliphatic carbocycles. The third kappa shape index (κ3) is 5.08. The van der Waals surface area contributed by atoms with Crippen LogP contribution >= 0.6 is 11.6 Å². The van der Waals surface area contributed by atoms with E-state index in [4.69, 9.17) is 17.3 Å². The van der Waals surface area contributed by atoms with Gasteiger partial charge in [-0.25, -0.2) is 14.4 Å². The van der Waals surface area contributed by atoms with Crippen molar-refractivity contribution in [1.82, 2.24) is 20.8 Å². The van der Waals surface area contributed by atoms with Gasteiger partial charge in [-0.05, 0) is 48.5 Å². The quantitative estimate of drug-likeness (QED) is 0.390. The van der Waals surface area contributed by atoms with Crippen molar-refractivity contribution >= 4 is 40.7 Å². The molecule has 0 unspecified atom stereocenters. The molecule has 29 heavy (non-hydrogen) atoms. The van der Waals surface area contributed by atoms with E-state index in [1.807, 2.05) is 0 Å². The Hall–Kier alpha value is -3.92. The molecule has 0 spiro atoms. The van der Waals surface area contributed by atoms with Crippen molar-refractivity contribution in [2.24, 2.45) is 0 Å². The summed E-state index contributed by atoms with van der Waals surface area (Å²) in [6, 6.07) is 11.3. The summed E-state index contributed by atoms with van der Waals surface area (Å²) in [5.41, 5.74) is 16.6. The zero-order valence-electron chi connectivity index (χ0n) is 14.7. The minimum absolute atomic E-state index is 0.0447. The number of amides is 2. The van der Waals surface area contributed by atoms with Crippen LogP contribution in [0.25, 0.3) is 0 Å². The molecule has 148 valence electrons. The van der Waals surface area contributed by atoms with Gasteiger partial charge < -0.3 is 5.73 Å². The molecule has 0 saturated heterocycles. The lowest BCUT2D eigenvalue weighted by Crippen LogP contribution is -2.32. The molecule has 0 aliphatic rings. The molecule has 1 heterocycles. The average Bonchev–Trinajstić information content (AvgIpc) is 2.72. The van der Waals surface area contributed by atoms with E-state index < -0.39 is 17.6 Å². The molecule has 1 aromatic heterocycles. The molecular weight excluding hydrogens is 401 g/mol. The number of rotatable bonds is 6. The summed E-state index contributed by atoms with van der Waals surface area (Å²) in [6.45, 7) is 0. The Labute approximate surface area is 169 Å². The van der Waals surface area contributed by atoms with Gasteiger partial charge in [-0.2, -0.15) is 0 Å². The van der Waals surface area contributed by atoms with E-state index in [-0.39, 0.29) is 22.9 Å². The fourth-order valence-electron chi connectivity index (χ4n) is 2.17. The number of hydrogen-bond acceptors (Lipinski definition) is 7. The van der Waals surface area contributed by atoms with Crippen LogP contribution in [0.5, 0.6) is 0 Å². The Kier molecular flexibility index (Phi) is 6.05. The molecule has 0 bridgehead atoms. The number of carbonyl (C=O) groups is 2. The van der Waals surface area contributed by atoms with Crippen LogP contribution < -0.4 is 27.4 Å². The molecule has 2 amide bonds. The van der Waals surface area contributed by atoms with Gasteiger partial charge in [-0.15, -0.1) is 0 Å². The summed E-state index contributed by atoms with van der Waals surface area (Å²) in [7, 11) is 0. The predicted octanol–water partition coefficient (Wildman–Crippen LogP) is 2.37. The lowest BCUT2D eigenvalue weighted by Gasteiger charge is -2.13. The number of carbonyl (C=O) groups excluding carboxylic acids is 2. The van der Waals surface area contributed by atoms with Crippen LogP contribution in [-0.2, 0) is 0 Å². The van der Waals surface area contributed by atoms with Crippen LogP contribution in [0.15, 0.2) is 54.9 Å². The average molecular weight is 416 g/mol. The number of anilines is 3. The van der Waals surface area contributed by atoms with Crippen molar-refractivity contribution in [3.63, 3.8) is 0 Å². The second kappa shape index (κ2) is 8.85. The molecule has 9 nitrogen and oxygen atoms in total. The van der Waals surface area contributed by atoms with Gasteiger partial charge in [0.2, 0.25) is 0 Å². The molecular formula is C18H15ClFN7O2. The number of nitrogen functional groups attached to an aromatic ring is 1. The Bertz CT molecular complexity index is 950. The smallest absolute Gasteiger partial charge is 0.269 e.